The van der Waals surface area contributed by atoms with Crippen LogP contribution in [-0.4, -0.2) is 11.9 Å². The van der Waals surface area contributed by atoms with Gasteiger partial charge in [0.25, 0.3) is 0 Å². The van der Waals surface area contributed by atoms with E-state index in [1.807, 2.05) is 42.5 Å². The zero-order valence-electron chi connectivity index (χ0n) is 23.1. The first-order valence-electron chi connectivity index (χ1n) is 13.9. The molecule has 1 aliphatic carbocycles. The lowest BCUT2D eigenvalue weighted by Crippen LogP contribution is -2.34. The van der Waals surface area contributed by atoms with Crippen molar-refractivity contribution in [2.45, 2.75) is 0 Å². The molecule has 0 saturated heterocycles. The lowest BCUT2D eigenvalue weighted by molar-refractivity contribution is 1.27. The molecule has 0 radical (unpaired) electrons. The molecule has 42 heavy (non-hydrogen) atoms. The minimum atomic E-state index is -2.23. The van der Waals surface area contributed by atoms with Crippen molar-refractivity contribution in [2.24, 2.45) is 4.99 Å². The normalized spacial score (nSPS) is 12.4. The Balaban J connectivity index is 1.58. The monoisotopic (exact) mass is 555 g/mol. The molecule has 0 saturated carbocycles. The summed E-state index contributed by atoms with van der Waals surface area (Å²) in [6.07, 6.45) is 2.63. The Bertz CT molecular complexity index is 1750. The van der Waals surface area contributed by atoms with Crippen LogP contribution in [0, 0.1) is 11.3 Å². The van der Waals surface area contributed by atoms with Crippen molar-refractivity contribution in [3.63, 3.8) is 0 Å². The minimum absolute atomic E-state index is 0.456. The lowest BCUT2D eigenvalue weighted by atomic mass is 10.0. The summed E-state index contributed by atoms with van der Waals surface area (Å²) in [5.74, 6) is 0. The number of aliphatic imine (C=N–C) groups is 1. The first kappa shape index (κ1) is 26.9. The van der Waals surface area contributed by atoms with Crippen LogP contribution in [0.4, 0.5) is 0 Å². The van der Waals surface area contributed by atoms with Crippen LogP contribution in [0.15, 0.2) is 191 Å². The van der Waals surface area contributed by atoms with Gasteiger partial charge < -0.3 is 0 Å². The second kappa shape index (κ2) is 12.5. The molecule has 0 N–H and O–H groups in total. The highest BCUT2D eigenvalue weighted by molar-refractivity contribution is 7.95. The van der Waals surface area contributed by atoms with Crippen molar-refractivity contribution in [1.29, 1.82) is 5.26 Å². The van der Waals surface area contributed by atoms with Crippen molar-refractivity contribution < 1.29 is 0 Å². The van der Waals surface area contributed by atoms with Gasteiger partial charge in [0.2, 0.25) is 0 Å². The Morgan fingerprint density at radius 1 is 0.571 bits per heavy atom. The number of nitriles is 1. The van der Waals surface area contributed by atoms with E-state index in [4.69, 9.17) is 4.99 Å². The molecule has 2 nitrogen and oxygen atoms in total. The molecule has 0 heterocycles. The van der Waals surface area contributed by atoms with E-state index in [-0.39, 0.29) is 0 Å². The summed E-state index contributed by atoms with van der Waals surface area (Å²) in [7, 11) is -2.23. The van der Waals surface area contributed by atoms with E-state index in [1.54, 1.807) is 0 Å². The fraction of sp³-hybridized carbons (Fsp3) is 0.0256. The van der Waals surface area contributed by atoms with E-state index in [0.29, 0.717) is 17.4 Å². The summed E-state index contributed by atoms with van der Waals surface area (Å²) >= 11 is 0. The Labute approximate surface area is 248 Å². The van der Waals surface area contributed by atoms with E-state index in [1.165, 1.54) is 15.9 Å². The predicted molar refractivity (Wildman–Crippen MR) is 176 cm³/mol. The van der Waals surface area contributed by atoms with Gasteiger partial charge >= 0.3 is 0 Å². The molecule has 0 atom stereocenters. The fourth-order valence-electron chi connectivity index (χ4n) is 5.39. The number of hydrogen-bond acceptors (Lipinski definition) is 2. The third-order valence-corrected chi connectivity index (χ3v) is 11.7. The molecule has 0 unspecified atom stereocenters. The minimum Gasteiger partial charge on any atom is -0.238 e. The van der Waals surface area contributed by atoms with Gasteiger partial charge in [0.15, 0.2) is 0 Å². The first-order valence-corrected chi connectivity index (χ1v) is 15.9. The summed E-state index contributed by atoms with van der Waals surface area (Å²) in [6.45, 7) is 0. The maximum absolute atomic E-state index is 9.91. The first-order chi connectivity index (χ1) is 20.8. The quantitative estimate of drug-likeness (QED) is 0.111. The highest BCUT2D eigenvalue weighted by Gasteiger charge is 2.46. The Morgan fingerprint density at radius 2 is 0.976 bits per heavy atom. The summed E-state index contributed by atoms with van der Waals surface area (Å²) in [5, 5.41) is 13.7. The van der Waals surface area contributed by atoms with Crippen LogP contribution < -0.4 is 15.9 Å². The molecule has 0 spiro atoms. The van der Waals surface area contributed by atoms with Gasteiger partial charge in [-0.25, -0.2) is 4.99 Å². The Morgan fingerprint density at radius 3 is 1.38 bits per heavy atom. The molecular formula is C39H28N2P+. The van der Waals surface area contributed by atoms with E-state index >= 15 is 0 Å². The molecule has 198 valence electrons. The van der Waals surface area contributed by atoms with Crippen LogP contribution >= 0.6 is 7.26 Å². The highest BCUT2D eigenvalue weighted by Crippen LogP contribution is 2.57. The molecule has 0 amide bonds. The summed E-state index contributed by atoms with van der Waals surface area (Å²) in [5.41, 5.74) is 11.4. The number of hydrogen-bond donors (Lipinski definition) is 0. The van der Waals surface area contributed by atoms with Crippen LogP contribution in [0.5, 0.6) is 0 Å². The van der Waals surface area contributed by atoms with Gasteiger partial charge in [-0.15, -0.1) is 0 Å². The van der Waals surface area contributed by atoms with Gasteiger partial charge in [0, 0.05) is 16.7 Å². The van der Waals surface area contributed by atoms with E-state index < -0.39 is 7.26 Å². The average molecular weight is 556 g/mol. The van der Waals surface area contributed by atoms with Gasteiger partial charge in [0.1, 0.15) is 46.7 Å². The van der Waals surface area contributed by atoms with Crippen molar-refractivity contribution in [3.8, 4) is 6.07 Å². The van der Waals surface area contributed by atoms with Crippen LogP contribution in [0.2, 0.25) is 0 Å². The van der Waals surface area contributed by atoms with Crippen LogP contribution in [-0.2, 0) is 0 Å². The molecular weight excluding hydrogens is 527 g/mol. The molecule has 0 aliphatic heterocycles. The SMILES string of the molecule is N#CC1=C=C=C(N=C(c2ccccc2)c2ccccc2)C(C[P+](c2ccccc2)(c2ccccc2)c2ccccc2)=C1. The summed E-state index contributed by atoms with van der Waals surface area (Å²) < 4.78 is 0. The lowest BCUT2D eigenvalue weighted by Gasteiger charge is -2.29. The zero-order valence-corrected chi connectivity index (χ0v) is 24.0. The van der Waals surface area contributed by atoms with Gasteiger partial charge in [-0.05, 0) is 53.9 Å². The second-order valence-corrected chi connectivity index (χ2v) is 13.4. The number of nitrogens with zero attached hydrogens (tertiary/aromatic N) is 2. The number of benzene rings is 5. The summed E-state index contributed by atoms with van der Waals surface area (Å²) in [6, 6.07) is 55.0. The zero-order chi connectivity index (χ0) is 28.6. The van der Waals surface area contributed by atoms with Crippen LogP contribution in [0.1, 0.15) is 11.1 Å². The molecule has 0 aromatic heterocycles. The standard InChI is InChI=1S/C39H28N2P/c40-29-31-26-27-38(41-39(32-16-6-1-7-17-32)33-18-8-2-9-19-33)34(28-31)30-42(35-20-10-3-11-21-35,36-22-12-4-13-23-36)37-24-14-5-15-25-37/h1-25,28H,30H2/q+1. The molecule has 0 fully saturated rings. The fourth-order valence-corrected chi connectivity index (χ4v) is 9.63. The van der Waals surface area contributed by atoms with Crippen LogP contribution in [0.3, 0.4) is 0 Å². The predicted octanol–water partition coefficient (Wildman–Crippen LogP) is 7.55. The third kappa shape index (κ3) is 5.50. The molecule has 5 aromatic carbocycles. The van der Waals surface area contributed by atoms with Gasteiger partial charge in [0.05, 0.1) is 5.71 Å². The van der Waals surface area contributed by atoms with Gasteiger partial charge in [-0.2, -0.15) is 5.26 Å². The smallest absolute Gasteiger partial charge is 0.121 e. The molecule has 0 bridgehead atoms. The Hall–Kier alpha value is -5.27. The topological polar surface area (TPSA) is 36.1 Å². The van der Waals surface area contributed by atoms with E-state index in [2.05, 4.69) is 133 Å². The highest BCUT2D eigenvalue weighted by atomic mass is 31.2. The van der Waals surface area contributed by atoms with Gasteiger partial charge in [-0.1, -0.05) is 115 Å². The third-order valence-electron chi connectivity index (χ3n) is 7.38. The van der Waals surface area contributed by atoms with Crippen LogP contribution in [0.25, 0.3) is 0 Å². The van der Waals surface area contributed by atoms with Crippen molar-refractivity contribution in [1.82, 2.24) is 0 Å². The molecule has 5 aromatic rings. The molecule has 6 rings (SSSR count). The van der Waals surface area contributed by atoms with Crippen molar-refractivity contribution in [2.75, 3.05) is 6.16 Å². The van der Waals surface area contributed by atoms with Gasteiger partial charge in [-0.3, -0.25) is 0 Å². The maximum Gasteiger partial charge on any atom is 0.121 e. The van der Waals surface area contributed by atoms with Crippen molar-refractivity contribution in [3.05, 3.63) is 197 Å². The van der Waals surface area contributed by atoms with Crippen molar-refractivity contribution >= 4 is 28.9 Å². The second-order valence-electron chi connectivity index (χ2n) is 9.96. The summed E-state index contributed by atoms with van der Waals surface area (Å²) in [4.78, 5) is 5.28. The number of rotatable bonds is 8. The average Bonchev–Trinajstić information content (AvgIpc) is 3.08. The van der Waals surface area contributed by atoms with E-state index in [9.17, 15) is 5.26 Å². The molecule has 1 aliphatic rings. The molecule has 3 heteroatoms. The largest absolute Gasteiger partial charge is 0.238 e. The maximum atomic E-state index is 9.91. The van der Waals surface area contributed by atoms with E-state index in [0.717, 1.165) is 22.4 Å². The number of allylic oxidation sites excluding steroid dienone is 3. The Kier molecular flexibility index (Phi) is 8.01.